The van der Waals surface area contributed by atoms with Gasteiger partial charge in [-0.15, -0.1) is 11.8 Å². The first-order valence-corrected chi connectivity index (χ1v) is 19.9. The maximum Gasteiger partial charge on any atom is 0.264 e. The Labute approximate surface area is 302 Å². The van der Waals surface area contributed by atoms with Gasteiger partial charge in [-0.3, -0.25) is 13.9 Å². The van der Waals surface area contributed by atoms with Gasteiger partial charge in [0.05, 0.1) is 17.2 Å². The molecule has 0 radical (unpaired) electrons. The van der Waals surface area contributed by atoms with Gasteiger partial charge in [-0.25, -0.2) is 8.42 Å². The highest BCUT2D eigenvalue weighted by Gasteiger charge is 2.35. The molecule has 0 aliphatic heterocycles. The van der Waals surface area contributed by atoms with Gasteiger partial charge >= 0.3 is 0 Å². The van der Waals surface area contributed by atoms with Crippen LogP contribution in [0.3, 0.4) is 0 Å². The fourth-order valence-corrected chi connectivity index (χ4v) is 8.07. The first kappa shape index (κ1) is 36.5. The zero-order valence-electron chi connectivity index (χ0n) is 27.8. The molecule has 0 aromatic heterocycles. The Balaban J connectivity index is 1.56. The zero-order valence-corrected chi connectivity index (χ0v) is 31.0. The van der Waals surface area contributed by atoms with Gasteiger partial charge in [0.15, 0.2) is 0 Å². The number of thioether (sulfide) groups is 1. The average Bonchev–Trinajstić information content (AvgIpc) is 3.63. The quantitative estimate of drug-likeness (QED) is 0.126. The molecule has 1 fully saturated rings. The number of carbonyl (C=O) groups is 2. The number of sulfonamides is 1. The van der Waals surface area contributed by atoms with Crippen molar-refractivity contribution in [3.8, 4) is 5.75 Å². The predicted molar refractivity (Wildman–Crippen MR) is 199 cm³/mol. The van der Waals surface area contributed by atoms with Crippen LogP contribution in [0.25, 0.3) is 0 Å². The first-order chi connectivity index (χ1) is 23.7. The van der Waals surface area contributed by atoms with Gasteiger partial charge in [0, 0.05) is 28.4 Å². The molecule has 4 aromatic carbocycles. The van der Waals surface area contributed by atoms with Crippen LogP contribution in [-0.2, 0) is 32.6 Å². The third-order valence-corrected chi connectivity index (χ3v) is 11.7. The van der Waals surface area contributed by atoms with E-state index in [4.69, 9.17) is 4.74 Å². The number of hydrogen-bond donors (Lipinski definition) is 1. The van der Waals surface area contributed by atoms with Gasteiger partial charge in [-0.2, -0.15) is 0 Å². The standard InChI is InChI=1S/C38H42BrN3O5S2/c1-3-47-33-19-17-32(18-20-33)42(49(45,46)35-23-21-34(48-2)22-24-35)27-37(43)41(26-29-13-15-30(39)16-14-29)36(25-28-9-5-4-6-10-28)38(44)40-31-11-7-8-12-31/h4-6,9-10,13-24,31,36H,3,7-8,11-12,25-27H2,1-2H3,(H,40,44)/t36-/m1/s1. The van der Waals surface area contributed by atoms with E-state index in [0.29, 0.717) is 18.0 Å². The Kier molecular flexibility index (Phi) is 12.8. The maximum atomic E-state index is 14.7. The van der Waals surface area contributed by atoms with Gasteiger partial charge in [0.25, 0.3) is 10.0 Å². The number of amides is 2. The molecule has 1 saturated carbocycles. The van der Waals surface area contributed by atoms with Crippen LogP contribution in [0.15, 0.2) is 117 Å². The minimum absolute atomic E-state index is 0.0420. The second kappa shape index (κ2) is 17.2. The highest BCUT2D eigenvalue weighted by atomic mass is 79.9. The lowest BCUT2D eigenvalue weighted by molar-refractivity contribution is -0.140. The molecule has 5 rings (SSSR count). The number of anilines is 1. The minimum atomic E-state index is -4.21. The molecule has 1 N–H and O–H groups in total. The summed E-state index contributed by atoms with van der Waals surface area (Å²) in [5.41, 5.74) is 2.02. The molecule has 0 unspecified atom stereocenters. The van der Waals surface area contributed by atoms with Crippen LogP contribution in [0, 0.1) is 0 Å². The van der Waals surface area contributed by atoms with Crippen molar-refractivity contribution < 1.29 is 22.7 Å². The van der Waals surface area contributed by atoms with E-state index in [0.717, 1.165) is 50.5 Å². The monoisotopic (exact) mass is 763 g/mol. The van der Waals surface area contributed by atoms with E-state index in [1.54, 1.807) is 48.5 Å². The molecule has 0 bridgehead atoms. The van der Waals surface area contributed by atoms with Gasteiger partial charge in [-0.1, -0.05) is 71.2 Å². The summed E-state index contributed by atoms with van der Waals surface area (Å²) in [6, 6.07) is 29.6. The van der Waals surface area contributed by atoms with E-state index in [1.165, 1.54) is 16.7 Å². The molecule has 1 aliphatic rings. The fraction of sp³-hybridized carbons (Fsp3) is 0.316. The molecule has 49 heavy (non-hydrogen) atoms. The second-order valence-corrected chi connectivity index (χ2v) is 15.6. The molecule has 4 aromatic rings. The van der Waals surface area contributed by atoms with E-state index >= 15 is 0 Å². The van der Waals surface area contributed by atoms with E-state index in [1.807, 2.05) is 67.8 Å². The van der Waals surface area contributed by atoms with E-state index in [9.17, 15) is 18.0 Å². The molecule has 11 heteroatoms. The number of halogens is 1. The van der Waals surface area contributed by atoms with E-state index < -0.39 is 28.5 Å². The first-order valence-electron chi connectivity index (χ1n) is 16.5. The van der Waals surface area contributed by atoms with Crippen molar-refractivity contribution in [1.29, 1.82) is 0 Å². The lowest BCUT2D eigenvalue weighted by Crippen LogP contribution is -2.54. The number of benzene rings is 4. The number of carbonyl (C=O) groups excluding carboxylic acids is 2. The molecule has 1 aliphatic carbocycles. The molecule has 8 nitrogen and oxygen atoms in total. The lowest BCUT2D eigenvalue weighted by Gasteiger charge is -2.34. The van der Waals surface area contributed by atoms with Gasteiger partial charge in [0.2, 0.25) is 11.8 Å². The predicted octanol–water partition coefficient (Wildman–Crippen LogP) is 7.46. The summed E-state index contributed by atoms with van der Waals surface area (Å²) < 4.78 is 36.3. The third kappa shape index (κ3) is 9.67. The Morgan fingerprint density at radius 3 is 2.16 bits per heavy atom. The number of nitrogens with one attached hydrogen (secondary N) is 1. The Hall–Kier alpha value is -3.80. The van der Waals surface area contributed by atoms with Gasteiger partial charge in [-0.05, 0) is 97.8 Å². The van der Waals surface area contributed by atoms with Crippen LogP contribution < -0.4 is 14.4 Å². The van der Waals surface area contributed by atoms with Gasteiger partial charge < -0.3 is 15.0 Å². The summed E-state index contributed by atoms with van der Waals surface area (Å²) >= 11 is 4.99. The molecule has 0 heterocycles. The largest absolute Gasteiger partial charge is 0.494 e. The topological polar surface area (TPSA) is 96.0 Å². The Bertz CT molecular complexity index is 1780. The molecule has 0 saturated heterocycles. The summed E-state index contributed by atoms with van der Waals surface area (Å²) in [6.45, 7) is 1.93. The van der Waals surface area contributed by atoms with E-state index in [2.05, 4.69) is 21.2 Å². The Morgan fingerprint density at radius 2 is 1.55 bits per heavy atom. The van der Waals surface area contributed by atoms with Gasteiger partial charge in [0.1, 0.15) is 18.3 Å². The zero-order chi connectivity index (χ0) is 34.8. The fourth-order valence-electron chi connectivity index (χ4n) is 5.99. The lowest BCUT2D eigenvalue weighted by atomic mass is 10.0. The minimum Gasteiger partial charge on any atom is -0.494 e. The highest BCUT2D eigenvalue weighted by Crippen LogP contribution is 2.28. The molecular weight excluding hydrogens is 722 g/mol. The third-order valence-electron chi connectivity index (χ3n) is 8.60. The summed E-state index contributed by atoms with van der Waals surface area (Å²) in [6.07, 6.45) is 6.06. The number of nitrogens with zero attached hydrogens (tertiary/aromatic N) is 2. The van der Waals surface area contributed by atoms with Crippen molar-refractivity contribution in [2.45, 2.75) is 67.4 Å². The van der Waals surface area contributed by atoms with Crippen LogP contribution >= 0.6 is 27.7 Å². The number of ether oxygens (including phenoxy) is 1. The van der Waals surface area contributed by atoms with Crippen LogP contribution in [0.1, 0.15) is 43.7 Å². The van der Waals surface area contributed by atoms with Crippen LogP contribution in [0.4, 0.5) is 5.69 Å². The second-order valence-electron chi connectivity index (χ2n) is 12.0. The summed E-state index contributed by atoms with van der Waals surface area (Å²) in [4.78, 5) is 31.4. The maximum absolute atomic E-state index is 14.7. The van der Waals surface area contributed by atoms with Crippen molar-refractivity contribution in [2.75, 3.05) is 23.7 Å². The van der Waals surface area contributed by atoms with Crippen molar-refractivity contribution >= 4 is 55.2 Å². The van der Waals surface area contributed by atoms with Crippen molar-refractivity contribution in [1.82, 2.24) is 10.2 Å². The summed E-state index contributed by atoms with van der Waals surface area (Å²) in [5.74, 6) is -0.157. The van der Waals surface area contributed by atoms with Crippen LogP contribution in [-0.4, -0.2) is 56.6 Å². The van der Waals surface area contributed by atoms with Crippen molar-refractivity contribution in [2.24, 2.45) is 0 Å². The molecular formula is C38H42BrN3O5S2. The van der Waals surface area contributed by atoms with E-state index in [-0.39, 0.29) is 29.8 Å². The Morgan fingerprint density at radius 1 is 0.898 bits per heavy atom. The SMILES string of the molecule is CCOc1ccc(N(CC(=O)N(Cc2ccc(Br)cc2)[C@H](Cc2ccccc2)C(=O)NC2CCCC2)S(=O)(=O)c2ccc(SC)cc2)cc1. The smallest absolute Gasteiger partial charge is 0.264 e. The van der Waals surface area contributed by atoms with Crippen LogP contribution in [0.2, 0.25) is 0 Å². The molecule has 1 atom stereocenters. The number of rotatable bonds is 15. The normalized spacial score (nSPS) is 13.9. The summed E-state index contributed by atoms with van der Waals surface area (Å²) in [7, 11) is -4.21. The van der Waals surface area contributed by atoms with Crippen molar-refractivity contribution in [3.05, 3.63) is 119 Å². The summed E-state index contributed by atoms with van der Waals surface area (Å²) in [5, 5.41) is 3.21. The van der Waals surface area contributed by atoms with Crippen LogP contribution in [0.5, 0.6) is 5.75 Å². The average molecular weight is 765 g/mol. The molecule has 0 spiro atoms. The molecule has 258 valence electrons. The highest BCUT2D eigenvalue weighted by molar-refractivity contribution is 9.10. The number of hydrogen-bond acceptors (Lipinski definition) is 6. The molecule has 2 amide bonds. The van der Waals surface area contributed by atoms with Crippen molar-refractivity contribution in [3.63, 3.8) is 0 Å².